The van der Waals surface area contributed by atoms with E-state index >= 15 is 0 Å². The topological polar surface area (TPSA) is 15.6 Å². The van der Waals surface area contributed by atoms with Crippen LogP contribution in [-0.4, -0.2) is 30.0 Å². The molecule has 0 saturated heterocycles. The zero-order chi connectivity index (χ0) is 11.8. The number of alkyl halides is 2. The van der Waals surface area contributed by atoms with Gasteiger partial charge in [-0.3, -0.25) is 0 Å². The summed E-state index contributed by atoms with van der Waals surface area (Å²) in [6.45, 7) is 1.56. The van der Waals surface area contributed by atoms with E-state index in [1.54, 1.807) is 0 Å². The summed E-state index contributed by atoms with van der Waals surface area (Å²) in [5.74, 6) is 1.16. The molecule has 0 radical (unpaired) electrons. The fourth-order valence-electron chi connectivity index (χ4n) is 1.36. The molecule has 0 amide bonds. The van der Waals surface area contributed by atoms with Gasteiger partial charge in [0.25, 0.3) is 0 Å². The summed E-state index contributed by atoms with van der Waals surface area (Å²) >= 11 is 16.0. The maximum atomic E-state index is 5.74. The van der Waals surface area contributed by atoms with Crippen LogP contribution in [0.5, 0.6) is 0 Å². The summed E-state index contributed by atoms with van der Waals surface area (Å²) < 4.78 is 0. The summed E-state index contributed by atoms with van der Waals surface area (Å²) in [5.41, 5.74) is 1.89. The molecule has 0 aliphatic heterocycles. The van der Waals surface area contributed by atoms with Crippen molar-refractivity contribution in [3.8, 4) is 0 Å². The van der Waals surface area contributed by atoms with Gasteiger partial charge in [-0.05, 0) is 36.5 Å². The highest BCUT2D eigenvalue weighted by Gasteiger charge is 2.04. The number of isothiocyanates is 1. The Bertz CT molecular complexity index is 355. The third-order valence-electron chi connectivity index (χ3n) is 2.10. The number of nitrogens with zero attached hydrogens (tertiary/aromatic N) is 2. The van der Waals surface area contributed by atoms with Crippen molar-refractivity contribution in [1.82, 2.24) is 0 Å². The molecule has 0 bridgehead atoms. The second kappa shape index (κ2) is 7.64. The number of anilines is 1. The lowest BCUT2D eigenvalue weighted by Crippen LogP contribution is -2.27. The summed E-state index contributed by atoms with van der Waals surface area (Å²) in [6.07, 6.45) is 0. The summed E-state index contributed by atoms with van der Waals surface area (Å²) in [5, 5.41) is 2.34. The molecule has 0 fully saturated rings. The van der Waals surface area contributed by atoms with Crippen LogP contribution in [0.15, 0.2) is 29.3 Å². The molecule has 2 nitrogen and oxygen atoms in total. The van der Waals surface area contributed by atoms with Crippen LogP contribution in [0.3, 0.4) is 0 Å². The molecule has 0 aliphatic rings. The highest BCUT2D eigenvalue weighted by molar-refractivity contribution is 7.78. The SMILES string of the molecule is S=C=Nc1ccc(N(CCCl)CCCl)cc1. The van der Waals surface area contributed by atoms with Gasteiger partial charge in [-0.1, -0.05) is 0 Å². The number of thiocarbonyl (C=S) groups is 1. The number of aliphatic imine (C=N–C) groups is 1. The van der Waals surface area contributed by atoms with Crippen molar-refractivity contribution in [1.29, 1.82) is 0 Å². The smallest absolute Gasteiger partial charge is 0.0741 e. The predicted octanol–water partition coefficient (Wildman–Crippen LogP) is 3.70. The molecule has 0 unspecified atom stereocenters. The molecule has 0 atom stereocenters. The molecule has 0 saturated carbocycles. The molecule has 86 valence electrons. The minimum atomic E-state index is 0.580. The largest absolute Gasteiger partial charge is 0.369 e. The van der Waals surface area contributed by atoms with E-state index in [-0.39, 0.29) is 0 Å². The first-order valence-corrected chi connectivity index (χ1v) is 6.34. The molecule has 0 aromatic heterocycles. The van der Waals surface area contributed by atoms with E-state index in [4.69, 9.17) is 23.2 Å². The van der Waals surface area contributed by atoms with E-state index in [9.17, 15) is 0 Å². The summed E-state index contributed by atoms with van der Waals surface area (Å²) in [4.78, 5) is 6.02. The second-order valence-corrected chi connectivity index (χ2v) is 4.02. The van der Waals surface area contributed by atoms with E-state index < -0.39 is 0 Å². The molecule has 0 N–H and O–H groups in total. The standard InChI is InChI=1S/C11H12Cl2N2S/c12-5-7-15(8-6-13)11-3-1-10(2-4-11)14-9-16/h1-4H,5-8H2. The van der Waals surface area contributed by atoms with Crippen LogP contribution >= 0.6 is 35.4 Å². The van der Waals surface area contributed by atoms with Gasteiger partial charge in [-0.2, -0.15) is 4.99 Å². The molecule has 16 heavy (non-hydrogen) atoms. The van der Waals surface area contributed by atoms with Crippen molar-refractivity contribution in [3.63, 3.8) is 0 Å². The molecule has 1 rings (SSSR count). The Morgan fingerprint density at radius 2 is 1.69 bits per heavy atom. The lowest BCUT2D eigenvalue weighted by atomic mass is 10.2. The number of halogens is 2. The van der Waals surface area contributed by atoms with E-state index in [0.29, 0.717) is 11.8 Å². The minimum Gasteiger partial charge on any atom is -0.369 e. The minimum absolute atomic E-state index is 0.580. The van der Waals surface area contributed by atoms with Gasteiger partial charge in [0.05, 0.1) is 10.8 Å². The van der Waals surface area contributed by atoms with E-state index in [1.807, 2.05) is 24.3 Å². The van der Waals surface area contributed by atoms with Crippen molar-refractivity contribution in [2.75, 3.05) is 29.7 Å². The molecule has 0 aliphatic carbocycles. The maximum Gasteiger partial charge on any atom is 0.0741 e. The van der Waals surface area contributed by atoms with Crippen LogP contribution in [0, 0.1) is 0 Å². The lowest BCUT2D eigenvalue weighted by molar-refractivity contribution is 0.874. The van der Waals surface area contributed by atoms with Gasteiger partial charge >= 0.3 is 0 Å². The Kier molecular flexibility index (Phi) is 6.43. The fraction of sp³-hybridized carbons (Fsp3) is 0.364. The van der Waals surface area contributed by atoms with Crippen molar-refractivity contribution >= 4 is 52.0 Å². The lowest BCUT2D eigenvalue weighted by Gasteiger charge is -2.22. The van der Waals surface area contributed by atoms with Crippen LogP contribution in [-0.2, 0) is 0 Å². The Hall–Kier alpha value is -0.600. The van der Waals surface area contributed by atoms with Crippen LogP contribution in [0.4, 0.5) is 11.4 Å². The monoisotopic (exact) mass is 274 g/mol. The average molecular weight is 275 g/mol. The Morgan fingerprint density at radius 1 is 1.12 bits per heavy atom. The van der Waals surface area contributed by atoms with Crippen LogP contribution < -0.4 is 4.90 Å². The van der Waals surface area contributed by atoms with Crippen molar-refractivity contribution < 1.29 is 0 Å². The van der Waals surface area contributed by atoms with Gasteiger partial charge in [0.1, 0.15) is 0 Å². The van der Waals surface area contributed by atoms with Gasteiger partial charge in [0.15, 0.2) is 0 Å². The predicted molar refractivity (Wildman–Crippen MR) is 74.8 cm³/mol. The Morgan fingerprint density at radius 3 is 2.12 bits per heavy atom. The number of benzene rings is 1. The highest BCUT2D eigenvalue weighted by atomic mass is 35.5. The van der Waals surface area contributed by atoms with Crippen molar-refractivity contribution in [2.45, 2.75) is 0 Å². The van der Waals surface area contributed by atoms with Crippen LogP contribution in [0.1, 0.15) is 0 Å². The molecule has 5 heteroatoms. The first-order valence-electron chi connectivity index (χ1n) is 4.86. The molecule has 1 aromatic carbocycles. The van der Waals surface area contributed by atoms with E-state index in [0.717, 1.165) is 24.5 Å². The van der Waals surface area contributed by atoms with Crippen LogP contribution in [0.25, 0.3) is 0 Å². The molecular formula is C11H12Cl2N2S. The third kappa shape index (κ3) is 4.11. The second-order valence-electron chi connectivity index (χ2n) is 3.08. The Labute approximate surface area is 111 Å². The van der Waals surface area contributed by atoms with E-state index in [1.165, 1.54) is 0 Å². The van der Waals surface area contributed by atoms with Gasteiger partial charge < -0.3 is 4.90 Å². The highest BCUT2D eigenvalue weighted by Crippen LogP contribution is 2.19. The third-order valence-corrected chi connectivity index (χ3v) is 2.53. The van der Waals surface area contributed by atoms with Gasteiger partial charge in [-0.25, -0.2) is 0 Å². The first-order chi connectivity index (χ1) is 7.81. The number of hydrogen-bond acceptors (Lipinski definition) is 3. The molecular weight excluding hydrogens is 263 g/mol. The zero-order valence-electron chi connectivity index (χ0n) is 8.70. The van der Waals surface area contributed by atoms with E-state index in [2.05, 4.69) is 27.3 Å². The van der Waals surface area contributed by atoms with Crippen molar-refractivity contribution in [3.05, 3.63) is 24.3 Å². The van der Waals surface area contributed by atoms with Gasteiger partial charge in [0.2, 0.25) is 0 Å². The Balaban J connectivity index is 2.80. The quantitative estimate of drug-likeness (QED) is 0.447. The van der Waals surface area contributed by atoms with Gasteiger partial charge in [-0.15, -0.1) is 23.2 Å². The summed E-state index contributed by atoms with van der Waals surface area (Å²) in [7, 11) is 0. The number of rotatable bonds is 6. The normalized spacial score (nSPS) is 9.62. The zero-order valence-corrected chi connectivity index (χ0v) is 11.0. The molecule has 0 spiro atoms. The average Bonchev–Trinajstić information content (AvgIpc) is 2.30. The maximum absolute atomic E-state index is 5.74. The van der Waals surface area contributed by atoms with Gasteiger partial charge in [0, 0.05) is 30.5 Å². The van der Waals surface area contributed by atoms with Crippen LogP contribution in [0.2, 0.25) is 0 Å². The molecule has 1 aromatic rings. The molecule has 0 heterocycles. The summed E-state index contributed by atoms with van der Waals surface area (Å²) in [6, 6.07) is 7.74. The fourth-order valence-corrected chi connectivity index (χ4v) is 1.88. The first kappa shape index (κ1) is 13.5. The van der Waals surface area contributed by atoms with Crippen molar-refractivity contribution in [2.24, 2.45) is 4.99 Å². The number of hydrogen-bond donors (Lipinski definition) is 0.